The number of aryl methyl sites for hydroxylation is 3. The van der Waals surface area contributed by atoms with E-state index in [2.05, 4.69) is 15.4 Å². The van der Waals surface area contributed by atoms with Gasteiger partial charge in [-0.2, -0.15) is 5.10 Å². The molecule has 0 fully saturated rings. The standard InChI is InChI=1S/C21H24N4O3/c1-13-10-20-23-14(2)17(15(3)25(20)24-13)8-9-21(26)22-11-16-12-27-18-6-4-5-7-19(18)28-16/h4-7,10,16H,8-9,11-12H2,1-3H3,(H,22,26). The van der Waals surface area contributed by atoms with E-state index < -0.39 is 0 Å². The molecular weight excluding hydrogens is 356 g/mol. The summed E-state index contributed by atoms with van der Waals surface area (Å²) in [6.07, 6.45) is 0.822. The van der Waals surface area contributed by atoms with Crippen LogP contribution in [0.15, 0.2) is 30.3 Å². The van der Waals surface area contributed by atoms with Gasteiger partial charge in [-0.1, -0.05) is 12.1 Å². The van der Waals surface area contributed by atoms with Crippen LogP contribution in [-0.2, 0) is 11.2 Å². The lowest BCUT2D eigenvalue weighted by Gasteiger charge is -2.26. The maximum atomic E-state index is 12.3. The number of para-hydroxylation sites is 2. The Labute approximate surface area is 163 Å². The summed E-state index contributed by atoms with van der Waals surface area (Å²) in [6.45, 7) is 6.79. The Balaban J connectivity index is 1.33. The number of rotatable bonds is 5. The van der Waals surface area contributed by atoms with E-state index in [1.54, 1.807) is 0 Å². The number of ether oxygens (including phenoxy) is 2. The minimum Gasteiger partial charge on any atom is -0.486 e. The van der Waals surface area contributed by atoms with E-state index >= 15 is 0 Å². The third-order valence-corrected chi connectivity index (χ3v) is 4.98. The molecule has 1 aliphatic heterocycles. The quantitative estimate of drug-likeness (QED) is 0.736. The van der Waals surface area contributed by atoms with Crippen molar-refractivity contribution in [1.82, 2.24) is 19.9 Å². The first kappa shape index (κ1) is 18.3. The molecule has 0 spiro atoms. The topological polar surface area (TPSA) is 77.8 Å². The van der Waals surface area contributed by atoms with E-state index in [0.717, 1.165) is 34.0 Å². The van der Waals surface area contributed by atoms with Gasteiger partial charge >= 0.3 is 0 Å². The number of hydrogen-bond acceptors (Lipinski definition) is 5. The molecule has 7 heteroatoms. The van der Waals surface area contributed by atoms with Gasteiger partial charge in [0.05, 0.1) is 12.2 Å². The highest BCUT2D eigenvalue weighted by molar-refractivity contribution is 5.76. The molecule has 0 aliphatic carbocycles. The van der Waals surface area contributed by atoms with E-state index in [-0.39, 0.29) is 12.0 Å². The van der Waals surface area contributed by atoms with Crippen molar-refractivity contribution in [3.05, 3.63) is 53.0 Å². The lowest BCUT2D eigenvalue weighted by molar-refractivity contribution is -0.121. The number of carbonyl (C=O) groups excluding carboxylic acids is 1. The smallest absolute Gasteiger partial charge is 0.220 e. The van der Waals surface area contributed by atoms with Crippen LogP contribution in [0.5, 0.6) is 11.5 Å². The maximum Gasteiger partial charge on any atom is 0.220 e. The van der Waals surface area contributed by atoms with Gasteiger partial charge in [0, 0.05) is 23.9 Å². The van der Waals surface area contributed by atoms with Crippen LogP contribution in [0.3, 0.4) is 0 Å². The van der Waals surface area contributed by atoms with E-state index in [0.29, 0.717) is 31.7 Å². The largest absolute Gasteiger partial charge is 0.486 e. The highest BCUT2D eigenvalue weighted by Gasteiger charge is 2.21. The first-order chi connectivity index (χ1) is 13.5. The van der Waals surface area contributed by atoms with E-state index in [9.17, 15) is 4.79 Å². The molecule has 0 saturated heterocycles. The monoisotopic (exact) mass is 380 g/mol. The predicted octanol–water partition coefficient (Wildman–Crippen LogP) is 2.54. The van der Waals surface area contributed by atoms with Gasteiger partial charge < -0.3 is 14.8 Å². The summed E-state index contributed by atoms with van der Waals surface area (Å²) in [6, 6.07) is 9.52. The number of benzene rings is 1. The van der Waals surface area contributed by atoms with Gasteiger partial charge in [0.1, 0.15) is 12.7 Å². The Morgan fingerprint density at radius 3 is 2.86 bits per heavy atom. The molecule has 146 valence electrons. The molecule has 1 N–H and O–H groups in total. The SMILES string of the molecule is Cc1cc2nc(C)c(CCC(=O)NCC3COc4ccccc4O3)c(C)n2n1. The van der Waals surface area contributed by atoms with Crippen LogP contribution in [0, 0.1) is 20.8 Å². The number of hydrogen-bond donors (Lipinski definition) is 1. The van der Waals surface area contributed by atoms with Gasteiger partial charge in [-0.15, -0.1) is 0 Å². The molecule has 0 saturated carbocycles. The molecule has 3 heterocycles. The molecule has 7 nitrogen and oxygen atoms in total. The van der Waals surface area contributed by atoms with Crippen molar-refractivity contribution in [2.45, 2.75) is 39.7 Å². The highest BCUT2D eigenvalue weighted by Crippen LogP contribution is 2.30. The van der Waals surface area contributed by atoms with Gasteiger partial charge in [-0.05, 0) is 44.9 Å². The van der Waals surface area contributed by atoms with Crippen LogP contribution in [0.25, 0.3) is 5.65 Å². The van der Waals surface area contributed by atoms with Gasteiger partial charge in [0.15, 0.2) is 17.1 Å². The number of amides is 1. The molecular formula is C21H24N4O3. The summed E-state index contributed by atoms with van der Waals surface area (Å²) < 4.78 is 13.4. The van der Waals surface area contributed by atoms with Gasteiger partial charge in [0.2, 0.25) is 5.91 Å². The molecule has 1 unspecified atom stereocenters. The van der Waals surface area contributed by atoms with Crippen molar-refractivity contribution < 1.29 is 14.3 Å². The number of aromatic nitrogens is 3. The Morgan fingerprint density at radius 2 is 2.04 bits per heavy atom. The lowest BCUT2D eigenvalue weighted by Crippen LogP contribution is -2.40. The van der Waals surface area contributed by atoms with Crippen molar-refractivity contribution in [1.29, 1.82) is 0 Å². The molecule has 1 aliphatic rings. The first-order valence-electron chi connectivity index (χ1n) is 9.49. The molecule has 3 aromatic rings. The zero-order valence-corrected chi connectivity index (χ0v) is 16.4. The van der Waals surface area contributed by atoms with Crippen LogP contribution in [0.4, 0.5) is 0 Å². The normalized spacial score (nSPS) is 15.6. The molecule has 2 aromatic heterocycles. The van der Waals surface area contributed by atoms with Crippen molar-refractivity contribution in [2.24, 2.45) is 0 Å². The number of nitrogens with one attached hydrogen (secondary N) is 1. The third kappa shape index (κ3) is 3.65. The minimum absolute atomic E-state index is 0.0157. The van der Waals surface area contributed by atoms with Crippen LogP contribution in [0.1, 0.15) is 29.1 Å². The zero-order valence-electron chi connectivity index (χ0n) is 16.4. The van der Waals surface area contributed by atoms with E-state index in [1.807, 2.05) is 55.6 Å². The van der Waals surface area contributed by atoms with Crippen molar-refractivity contribution >= 4 is 11.6 Å². The fourth-order valence-electron chi connectivity index (χ4n) is 3.52. The second-order valence-electron chi connectivity index (χ2n) is 7.12. The number of nitrogens with zero attached hydrogens (tertiary/aromatic N) is 3. The third-order valence-electron chi connectivity index (χ3n) is 4.98. The van der Waals surface area contributed by atoms with Gasteiger partial charge in [0.25, 0.3) is 0 Å². The Bertz CT molecular complexity index is 1030. The summed E-state index contributed by atoms with van der Waals surface area (Å²) in [4.78, 5) is 17.0. The summed E-state index contributed by atoms with van der Waals surface area (Å²) >= 11 is 0. The van der Waals surface area contributed by atoms with Crippen molar-refractivity contribution in [3.8, 4) is 11.5 Å². The molecule has 4 rings (SSSR count). The average molecular weight is 380 g/mol. The van der Waals surface area contributed by atoms with Crippen molar-refractivity contribution in [2.75, 3.05) is 13.2 Å². The summed E-state index contributed by atoms with van der Waals surface area (Å²) in [5.41, 5.74) is 4.82. The summed E-state index contributed by atoms with van der Waals surface area (Å²) in [5, 5.41) is 7.43. The lowest BCUT2D eigenvalue weighted by atomic mass is 10.1. The Hall–Kier alpha value is -3.09. The van der Waals surface area contributed by atoms with Crippen molar-refractivity contribution in [3.63, 3.8) is 0 Å². The Morgan fingerprint density at radius 1 is 1.25 bits per heavy atom. The second kappa shape index (κ2) is 7.50. The molecule has 28 heavy (non-hydrogen) atoms. The van der Waals surface area contributed by atoms with Crippen LogP contribution in [-0.4, -0.2) is 39.8 Å². The Kier molecular flexibility index (Phi) is 4.90. The maximum absolute atomic E-state index is 12.3. The number of fused-ring (bicyclic) bond motifs is 2. The summed E-state index contributed by atoms with van der Waals surface area (Å²) in [7, 11) is 0. The molecule has 1 atom stereocenters. The van der Waals surface area contributed by atoms with Crippen LogP contribution >= 0.6 is 0 Å². The molecule has 1 aromatic carbocycles. The number of carbonyl (C=O) groups is 1. The van der Waals surface area contributed by atoms with E-state index in [4.69, 9.17) is 9.47 Å². The first-order valence-corrected chi connectivity index (χ1v) is 9.49. The fraction of sp³-hybridized carbons (Fsp3) is 0.381. The molecule has 1 amide bonds. The average Bonchev–Trinajstić information content (AvgIpc) is 3.06. The molecule has 0 radical (unpaired) electrons. The van der Waals surface area contributed by atoms with Gasteiger partial charge in [-0.25, -0.2) is 9.50 Å². The zero-order chi connectivity index (χ0) is 19.7. The predicted molar refractivity (Wildman–Crippen MR) is 105 cm³/mol. The fourth-order valence-corrected chi connectivity index (χ4v) is 3.52. The second-order valence-corrected chi connectivity index (χ2v) is 7.12. The van der Waals surface area contributed by atoms with E-state index in [1.165, 1.54) is 0 Å². The van der Waals surface area contributed by atoms with Gasteiger partial charge in [-0.3, -0.25) is 4.79 Å². The molecule has 0 bridgehead atoms. The van der Waals surface area contributed by atoms with Crippen LogP contribution < -0.4 is 14.8 Å². The highest BCUT2D eigenvalue weighted by atomic mass is 16.6. The summed E-state index contributed by atoms with van der Waals surface area (Å²) in [5.74, 6) is 1.44. The van der Waals surface area contributed by atoms with Crippen LogP contribution in [0.2, 0.25) is 0 Å². The minimum atomic E-state index is -0.188.